The third-order valence-corrected chi connectivity index (χ3v) is 5.17. The van der Waals surface area contributed by atoms with Crippen molar-refractivity contribution in [3.05, 3.63) is 77.0 Å². The van der Waals surface area contributed by atoms with Crippen molar-refractivity contribution in [2.45, 2.75) is 46.6 Å². The zero-order valence-electron chi connectivity index (χ0n) is 19.0. The molecule has 2 amide bonds. The van der Waals surface area contributed by atoms with Crippen LogP contribution < -0.4 is 16.4 Å². The first-order valence-corrected chi connectivity index (χ1v) is 10.8. The number of nitrogen functional groups attached to an aromatic ring is 1. The topological polar surface area (TPSA) is 97.1 Å². The number of benzene rings is 2. The fourth-order valence-corrected chi connectivity index (χ4v) is 3.56. The minimum absolute atomic E-state index is 0.000339. The Morgan fingerprint density at radius 3 is 2.50 bits per heavy atom. The second-order valence-electron chi connectivity index (χ2n) is 8.21. The number of carbonyl (C=O) groups excluding carboxylic acids is 2. The first-order valence-electron chi connectivity index (χ1n) is 10.8. The summed E-state index contributed by atoms with van der Waals surface area (Å²) in [5, 5.41) is 5.81. The Kier molecular flexibility index (Phi) is 7.25. The van der Waals surface area contributed by atoms with Crippen molar-refractivity contribution in [3.8, 4) is 11.1 Å². The predicted octanol–water partition coefficient (Wildman–Crippen LogP) is 4.52. The molecule has 0 aliphatic carbocycles. The van der Waals surface area contributed by atoms with E-state index in [1.807, 2.05) is 51.1 Å². The van der Waals surface area contributed by atoms with E-state index in [2.05, 4.69) is 34.7 Å². The third-order valence-electron chi connectivity index (χ3n) is 5.17. The molecule has 3 rings (SSSR count). The second kappa shape index (κ2) is 10.1. The third kappa shape index (κ3) is 5.72. The minimum atomic E-state index is -0.250. The Balaban J connectivity index is 1.76. The van der Waals surface area contributed by atoms with Gasteiger partial charge in [0, 0.05) is 23.5 Å². The van der Waals surface area contributed by atoms with Gasteiger partial charge >= 0.3 is 0 Å². The highest BCUT2D eigenvalue weighted by Crippen LogP contribution is 2.27. The number of nitrogens with one attached hydrogen (secondary N) is 2. The van der Waals surface area contributed by atoms with Gasteiger partial charge in [-0.2, -0.15) is 0 Å². The van der Waals surface area contributed by atoms with Gasteiger partial charge in [-0.3, -0.25) is 9.59 Å². The SMILES string of the molecule is CCc1cccc(CC(=O)Nc2ccc(-c3cnc(N)c(C(=O)NC(C)C)c3)c(C)c2)c1. The average molecular weight is 431 g/mol. The standard InChI is InChI=1S/C26H30N4O2/c1-5-18-7-6-8-19(12-18)13-24(31)30-21-9-10-22(17(4)11-21)20-14-23(25(27)28-15-20)26(32)29-16(2)3/h6-12,14-16H,5,13H2,1-4H3,(H2,27,28)(H,29,32)(H,30,31). The van der Waals surface area contributed by atoms with Crippen LogP contribution in [0.25, 0.3) is 11.1 Å². The second-order valence-corrected chi connectivity index (χ2v) is 8.21. The smallest absolute Gasteiger partial charge is 0.255 e. The van der Waals surface area contributed by atoms with Crippen LogP contribution in [0.5, 0.6) is 0 Å². The molecule has 0 saturated carbocycles. The normalized spacial score (nSPS) is 10.8. The number of nitrogens with zero attached hydrogens (tertiary/aromatic N) is 1. The average Bonchev–Trinajstić information content (AvgIpc) is 2.74. The number of nitrogens with two attached hydrogens (primary N) is 1. The summed E-state index contributed by atoms with van der Waals surface area (Å²) in [5.41, 5.74) is 11.9. The summed E-state index contributed by atoms with van der Waals surface area (Å²) in [6, 6.07) is 15.5. The van der Waals surface area contributed by atoms with Crippen LogP contribution in [0, 0.1) is 6.92 Å². The highest BCUT2D eigenvalue weighted by Gasteiger charge is 2.15. The molecule has 3 aromatic rings. The van der Waals surface area contributed by atoms with E-state index in [1.54, 1.807) is 12.3 Å². The number of anilines is 2. The first kappa shape index (κ1) is 23.0. The highest BCUT2D eigenvalue weighted by molar-refractivity contribution is 5.99. The summed E-state index contributed by atoms with van der Waals surface area (Å²) >= 11 is 0. The monoisotopic (exact) mass is 430 g/mol. The van der Waals surface area contributed by atoms with Gasteiger partial charge < -0.3 is 16.4 Å². The summed E-state index contributed by atoms with van der Waals surface area (Å²) in [4.78, 5) is 29.1. The quantitative estimate of drug-likeness (QED) is 0.513. The minimum Gasteiger partial charge on any atom is -0.383 e. The van der Waals surface area contributed by atoms with E-state index in [9.17, 15) is 9.59 Å². The van der Waals surface area contributed by atoms with Crippen molar-refractivity contribution >= 4 is 23.3 Å². The lowest BCUT2D eigenvalue weighted by molar-refractivity contribution is -0.115. The van der Waals surface area contributed by atoms with Gasteiger partial charge in [0.25, 0.3) is 5.91 Å². The van der Waals surface area contributed by atoms with Crippen LogP contribution in [-0.4, -0.2) is 22.8 Å². The van der Waals surface area contributed by atoms with E-state index >= 15 is 0 Å². The van der Waals surface area contributed by atoms with Crippen molar-refractivity contribution < 1.29 is 9.59 Å². The molecule has 1 heterocycles. The Hall–Kier alpha value is -3.67. The molecular formula is C26H30N4O2. The summed E-state index contributed by atoms with van der Waals surface area (Å²) in [5.74, 6) is -0.117. The van der Waals surface area contributed by atoms with Gasteiger partial charge in [-0.15, -0.1) is 0 Å². The number of hydrogen-bond acceptors (Lipinski definition) is 4. The van der Waals surface area contributed by atoms with Crippen LogP contribution in [0.15, 0.2) is 54.7 Å². The number of amides is 2. The van der Waals surface area contributed by atoms with E-state index in [4.69, 9.17) is 5.73 Å². The highest BCUT2D eigenvalue weighted by atomic mass is 16.2. The maximum Gasteiger partial charge on any atom is 0.255 e. The van der Waals surface area contributed by atoms with E-state index in [1.165, 1.54) is 5.56 Å². The maximum absolute atomic E-state index is 12.5. The van der Waals surface area contributed by atoms with Crippen LogP contribution >= 0.6 is 0 Å². The van der Waals surface area contributed by atoms with Crippen molar-refractivity contribution in [3.63, 3.8) is 0 Å². The van der Waals surface area contributed by atoms with Crippen molar-refractivity contribution in [1.82, 2.24) is 10.3 Å². The van der Waals surface area contributed by atoms with Gasteiger partial charge in [-0.1, -0.05) is 37.3 Å². The van der Waals surface area contributed by atoms with E-state index < -0.39 is 0 Å². The summed E-state index contributed by atoms with van der Waals surface area (Å²) in [6.45, 7) is 7.84. The zero-order valence-corrected chi connectivity index (χ0v) is 19.0. The Labute approximate surface area is 189 Å². The largest absolute Gasteiger partial charge is 0.383 e. The molecule has 0 atom stereocenters. The van der Waals surface area contributed by atoms with E-state index in [-0.39, 0.29) is 23.7 Å². The molecule has 2 aromatic carbocycles. The van der Waals surface area contributed by atoms with Gasteiger partial charge in [0.2, 0.25) is 5.91 Å². The molecule has 1 aromatic heterocycles. The van der Waals surface area contributed by atoms with Gasteiger partial charge in [0.05, 0.1) is 12.0 Å². The molecule has 6 nitrogen and oxygen atoms in total. The number of aryl methyl sites for hydroxylation is 2. The van der Waals surface area contributed by atoms with Gasteiger partial charge in [0.1, 0.15) is 5.82 Å². The molecule has 0 bridgehead atoms. The molecule has 4 N–H and O–H groups in total. The molecule has 0 aliphatic rings. The van der Waals surface area contributed by atoms with Crippen LogP contribution in [0.4, 0.5) is 11.5 Å². The van der Waals surface area contributed by atoms with Crippen LogP contribution in [0.1, 0.15) is 47.8 Å². The molecular weight excluding hydrogens is 400 g/mol. The number of carbonyl (C=O) groups is 2. The number of pyridine rings is 1. The fourth-order valence-electron chi connectivity index (χ4n) is 3.56. The number of aromatic nitrogens is 1. The summed E-state index contributed by atoms with van der Waals surface area (Å²) in [6.07, 6.45) is 2.92. The van der Waals surface area contributed by atoms with Gasteiger partial charge in [-0.05, 0) is 67.6 Å². The van der Waals surface area contributed by atoms with Crippen LogP contribution in [0.2, 0.25) is 0 Å². The van der Waals surface area contributed by atoms with Crippen LogP contribution in [0.3, 0.4) is 0 Å². The van der Waals surface area contributed by atoms with Crippen molar-refractivity contribution in [2.75, 3.05) is 11.1 Å². The predicted molar refractivity (Wildman–Crippen MR) is 130 cm³/mol. The molecule has 32 heavy (non-hydrogen) atoms. The molecule has 0 fully saturated rings. The number of rotatable bonds is 7. The number of hydrogen-bond donors (Lipinski definition) is 3. The molecule has 0 aliphatic heterocycles. The van der Waals surface area contributed by atoms with E-state index in [0.717, 1.165) is 34.4 Å². The van der Waals surface area contributed by atoms with Crippen molar-refractivity contribution in [2.24, 2.45) is 0 Å². The summed E-state index contributed by atoms with van der Waals surface area (Å²) < 4.78 is 0. The summed E-state index contributed by atoms with van der Waals surface area (Å²) in [7, 11) is 0. The van der Waals surface area contributed by atoms with Crippen molar-refractivity contribution in [1.29, 1.82) is 0 Å². The Morgan fingerprint density at radius 1 is 1.06 bits per heavy atom. The Morgan fingerprint density at radius 2 is 1.81 bits per heavy atom. The molecule has 6 heteroatoms. The molecule has 0 saturated heterocycles. The lowest BCUT2D eigenvalue weighted by Gasteiger charge is -2.13. The molecule has 0 radical (unpaired) electrons. The van der Waals surface area contributed by atoms with Gasteiger partial charge in [0.15, 0.2) is 0 Å². The molecule has 0 spiro atoms. The molecule has 0 unspecified atom stereocenters. The van der Waals surface area contributed by atoms with Crippen LogP contribution in [-0.2, 0) is 17.6 Å². The maximum atomic E-state index is 12.5. The lowest BCUT2D eigenvalue weighted by Crippen LogP contribution is -2.30. The van der Waals surface area contributed by atoms with Gasteiger partial charge in [-0.25, -0.2) is 4.98 Å². The Bertz CT molecular complexity index is 1140. The zero-order chi connectivity index (χ0) is 23.3. The van der Waals surface area contributed by atoms with E-state index in [0.29, 0.717) is 12.0 Å². The molecule has 166 valence electrons. The first-order chi connectivity index (χ1) is 15.3. The lowest BCUT2D eigenvalue weighted by atomic mass is 9.99. The fraction of sp³-hybridized carbons (Fsp3) is 0.269.